The van der Waals surface area contributed by atoms with Crippen LogP contribution in [0.2, 0.25) is 0 Å². The number of rotatable bonds is 5. The Hall–Kier alpha value is -2.62. The SMILES string of the molecule is O=C(NCCc1nccs1)C1CCCN(c2ccc3nnnn3n2)C1. The second-order valence-corrected chi connectivity index (χ2v) is 6.95. The molecule has 3 aromatic heterocycles. The van der Waals surface area contributed by atoms with E-state index in [1.165, 1.54) is 4.63 Å². The zero-order chi connectivity index (χ0) is 17.1. The minimum atomic E-state index is -0.0311. The fourth-order valence-corrected chi connectivity index (χ4v) is 3.64. The minimum absolute atomic E-state index is 0.0311. The van der Waals surface area contributed by atoms with Gasteiger partial charge in [0.05, 0.1) is 10.9 Å². The molecule has 25 heavy (non-hydrogen) atoms. The van der Waals surface area contributed by atoms with Gasteiger partial charge in [-0.3, -0.25) is 4.79 Å². The highest BCUT2D eigenvalue weighted by Gasteiger charge is 2.26. The van der Waals surface area contributed by atoms with Crippen LogP contribution in [0.1, 0.15) is 17.8 Å². The van der Waals surface area contributed by atoms with Crippen molar-refractivity contribution in [3.8, 4) is 0 Å². The van der Waals surface area contributed by atoms with Crippen LogP contribution >= 0.6 is 11.3 Å². The Morgan fingerprint density at radius 3 is 3.24 bits per heavy atom. The normalized spacial score (nSPS) is 17.8. The number of nitrogens with one attached hydrogen (secondary N) is 1. The lowest BCUT2D eigenvalue weighted by molar-refractivity contribution is -0.125. The highest BCUT2D eigenvalue weighted by atomic mass is 32.1. The molecule has 4 rings (SSSR count). The molecular weight excluding hydrogens is 340 g/mol. The van der Waals surface area contributed by atoms with Gasteiger partial charge in [0.1, 0.15) is 0 Å². The topological polar surface area (TPSA) is 101 Å². The number of tetrazole rings is 1. The maximum atomic E-state index is 12.5. The summed E-state index contributed by atoms with van der Waals surface area (Å²) in [6.45, 7) is 2.16. The molecule has 1 aliphatic heterocycles. The summed E-state index contributed by atoms with van der Waals surface area (Å²) in [6, 6.07) is 3.73. The molecule has 1 atom stereocenters. The lowest BCUT2D eigenvalue weighted by atomic mass is 9.97. The highest BCUT2D eigenvalue weighted by Crippen LogP contribution is 2.21. The van der Waals surface area contributed by atoms with Crippen molar-refractivity contribution in [2.45, 2.75) is 19.3 Å². The van der Waals surface area contributed by atoms with E-state index >= 15 is 0 Å². The van der Waals surface area contributed by atoms with Crippen molar-refractivity contribution in [3.63, 3.8) is 0 Å². The molecule has 10 heteroatoms. The molecule has 1 fully saturated rings. The molecule has 9 nitrogen and oxygen atoms in total. The molecule has 1 N–H and O–H groups in total. The van der Waals surface area contributed by atoms with Gasteiger partial charge in [0, 0.05) is 37.6 Å². The molecule has 130 valence electrons. The first-order chi connectivity index (χ1) is 12.3. The standard InChI is InChI=1S/C15H18N8OS/c24-15(17-6-5-14-16-7-9-25-14)11-2-1-8-22(10-11)13-4-3-12-18-20-21-23(12)19-13/h3-4,7,9,11H,1-2,5-6,8,10H2,(H,17,24). The van der Waals surface area contributed by atoms with E-state index in [1.807, 2.05) is 17.5 Å². The van der Waals surface area contributed by atoms with Gasteiger partial charge in [0.2, 0.25) is 5.91 Å². The monoisotopic (exact) mass is 358 g/mol. The molecule has 1 unspecified atom stereocenters. The van der Waals surface area contributed by atoms with Gasteiger partial charge in [0.15, 0.2) is 11.5 Å². The summed E-state index contributed by atoms with van der Waals surface area (Å²) < 4.78 is 1.41. The van der Waals surface area contributed by atoms with Crippen LogP contribution in [0.3, 0.4) is 0 Å². The minimum Gasteiger partial charge on any atom is -0.355 e. The number of thiazole rings is 1. The van der Waals surface area contributed by atoms with Gasteiger partial charge < -0.3 is 10.2 Å². The molecule has 3 aromatic rings. The maximum Gasteiger partial charge on any atom is 0.224 e. The van der Waals surface area contributed by atoms with E-state index < -0.39 is 0 Å². The fourth-order valence-electron chi connectivity index (χ4n) is 3.02. The van der Waals surface area contributed by atoms with Crippen LogP contribution in [-0.2, 0) is 11.2 Å². The quantitative estimate of drug-likeness (QED) is 0.711. The Bertz CT molecular complexity index is 848. The Labute approximate surface area is 148 Å². The molecule has 1 amide bonds. The predicted octanol–water partition coefficient (Wildman–Crippen LogP) is 0.551. The number of piperidine rings is 1. The van der Waals surface area contributed by atoms with E-state index in [2.05, 4.69) is 35.8 Å². The first-order valence-electron chi connectivity index (χ1n) is 8.26. The first kappa shape index (κ1) is 15.9. The number of carbonyl (C=O) groups excluding carboxylic acids is 1. The third-order valence-corrected chi connectivity index (χ3v) is 5.13. The summed E-state index contributed by atoms with van der Waals surface area (Å²) >= 11 is 1.61. The van der Waals surface area contributed by atoms with Crippen LogP contribution in [0, 0.1) is 5.92 Å². The van der Waals surface area contributed by atoms with Gasteiger partial charge in [-0.05, 0) is 35.4 Å². The highest BCUT2D eigenvalue weighted by molar-refractivity contribution is 7.09. The number of anilines is 1. The van der Waals surface area contributed by atoms with Crippen LogP contribution in [0.15, 0.2) is 23.7 Å². The van der Waals surface area contributed by atoms with E-state index in [1.54, 1.807) is 17.5 Å². The molecule has 0 aliphatic carbocycles. The number of amides is 1. The van der Waals surface area contributed by atoms with Gasteiger partial charge in [-0.25, -0.2) is 4.98 Å². The van der Waals surface area contributed by atoms with Crippen LogP contribution in [0.5, 0.6) is 0 Å². The van der Waals surface area contributed by atoms with Gasteiger partial charge in [-0.2, -0.15) is 0 Å². The van der Waals surface area contributed by atoms with E-state index in [4.69, 9.17) is 0 Å². The van der Waals surface area contributed by atoms with Gasteiger partial charge in [-0.15, -0.1) is 26.2 Å². The fraction of sp³-hybridized carbons (Fsp3) is 0.467. The number of aromatic nitrogens is 6. The number of nitrogens with zero attached hydrogens (tertiary/aromatic N) is 7. The summed E-state index contributed by atoms with van der Waals surface area (Å²) in [5, 5.41) is 21.7. The summed E-state index contributed by atoms with van der Waals surface area (Å²) in [5.74, 6) is 0.862. The van der Waals surface area contributed by atoms with Crippen molar-refractivity contribution in [1.29, 1.82) is 0 Å². The van der Waals surface area contributed by atoms with Crippen LogP contribution in [-0.4, -0.2) is 55.8 Å². The lowest BCUT2D eigenvalue weighted by Gasteiger charge is -2.32. The third kappa shape index (κ3) is 3.58. The molecule has 0 saturated carbocycles. The van der Waals surface area contributed by atoms with Crippen molar-refractivity contribution in [2.24, 2.45) is 5.92 Å². The summed E-state index contributed by atoms with van der Waals surface area (Å²) in [5.41, 5.74) is 0.609. The molecule has 0 spiro atoms. The number of fused-ring (bicyclic) bond motifs is 1. The maximum absolute atomic E-state index is 12.5. The van der Waals surface area contributed by atoms with E-state index in [0.717, 1.165) is 36.6 Å². The Morgan fingerprint density at radius 2 is 2.36 bits per heavy atom. The summed E-state index contributed by atoms with van der Waals surface area (Å²) in [6.07, 6.45) is 4.42. The van der Waals surface area contributed by atoms with Gasteiger partial charge in [0.25, 0.3) is 0 Å². The second kappa shape index (κ2) is 7.09. The summed E-state index contributed by atoms with van der Waals surface area (Å²) in [4.78, 5) is 18.8. The number of hydrogen-bond donors (Lipinski definition) is 1. The van der Waals surface area contributed by atoms with Gasteiger partial charge in [-0.1, -0.05) is 0 Å². The summed E-state index contributed by atoms with van der Waals surface area (Å²) in [7, 11) is 0. The van der Waals surface area contributed by atoms with Crippen LogP contribution < -0.4 is 10.2 Å². The average molecular weight is 358 g/mol. The van der Waals surface area contributed by atoms with Gasteiger partial charge >= 0.3 is 0 Å². The van der Waals surface area contributed by atoms with Crippen molar-refractivity contribution in [3.05, 3.63) is 28.7 Å². The van der Waals surface area contributed by atoms with Crippen molar-refractivity contribution in [1.82, 2.24) is 35.6 Å². The van der Waals surface area contributed by atoms with E-state index in [0.29, 0.717) is 18.7 Å². The van der Waals surface area contributed by atoms with Crippen molar-refractivity contribution < 1.29 is 4.79 Å². The van der Waals surface area contributed by atoms with Crippen molar-refractivity contribution in [2.75, 3.05) is 24.5 Å². The molecule has 0 bridgehead atoms. The zero-order valence-corrected chi connectivity index (χ0v) is 14.4. The number of hydrogen-bond acceptors (Lipinski definition) is 8. The smallest absolute Gasteiger partial charge is 0.224 e. The third-order valence-electron chi connectivity index (χ3n) is 4.29. The zero-order valence-electron chi connectivity index (χ0n) is 13.6. The Kier molecular flexibility index (Phi) is 4.51. The van der Waals surface area contributed by atoms with Crippen LogP contribution in [0.4, 0.5) is 5.82 Å². The molecule has 1 aliphatic rings. The predicted molar refractivity (Wildman–Crippen MR) is 92.3 cm³/mol. The Balaban J connectivity index is 1.35. The van der Waals surface area contributed by atoms with Crippen LogP contribution in [0.25, 0.3) is 5.65 Å². The van der Waals surface area contributed by atoms with E-state index in [9.17, 15) is 4.79 Å². The Morgan fingerprint density at radius 1 is 1.40 bits per heavy atom. The van der Waals surface area contributed by atoms with E-state index in [-0.39, 0.29) is 11.8 Å². The molecule has 0 radical (unpaired) electrons. The first-order valence-corrected chi connectivity index (χ1v) is 9.14. The van der Waals surface area contributed by atoms with Crippen molar-refractivity contribution >= 4 is 28.7 Å². The lowest BCUT2D eigenvalue weighted by Crippen LogP contribution is -2.44. The molecule has 1 saturated heterocycles. The second-order valence-electron chi connectivity index (χ2n) is 5.97. The molecule has 0 aromatic carbocycles. The molecule has 4 heterocycles. The largest absolute Gasteiger partial charge is 0.355 e. The number of carbonyl (C=O) groups is 1. The molecular formula is C15H18N8OS. The average Bonchev–Trinajstić information content (AvgIpc) is 3.32.